The minimum absolute atomic E-state index is 0. The van der Waals surface area contributed by atoms with Crippen molar-refractivity contribution in [3.05, 3.63) is 0 Å². The summed E-state index contributed by atoms with van der Waals surface area (Å²) in [5.41, 5.74) is 0. The largest absolute Gasteiger partial charge is 1.00 e. The predicted molar refractivity (Wildman–Crippen MR) is 46.8 cm³/mol. The van der Waals surface area contributed by atoms with Crippen LogP contribution in [0.25, 0.3) is 0 Å². The van der Waals surface area contributed by atoms with Gasteiger partial charge in [-0.3, -0.25) is 0 Å². The van der Waals surface area contributed by atoms with Gasteiger partial charge in [-0.1, -0.05) is 0 Å². The zero-order valence-corrected chi connectivity index (χ0v) is 17.3. The molecule has 0 atom stereocenters. The average Bonchev–Trinajstić information content (AvgIpc) is 0.722. The van der Waals surface area contributed by atoms with Gasteiger partial charge in [-0.15, -0.1) is 0 Å². The third-order valence-corrected chi connectivity index (χ3v) is 0. The molecule has 0 saturated carbocycles. The van der Waals surface area contributed by atoms with E-state index in [1.807, 2.05) is 0 Å². The van der Waals surface area contributed by atoms with Crippen molar-refractivity contribution in [2.75, 3.05) is 0 Å². The third kappa shape index (κ3) is 562. The van der Waals surface area contributed by atoms with Crippen LogP contribution in [0.15, 0.2) is 0 Å². The van der Waals surface area contributed by atoms with Crippen LogP contribution < -0.4 is 103 Å². The maximum absolute atomic E-state index is 8.92. The maximum atomic E-state index is 8.92. The number of hydrogen-bond acceptors (Lipinski definition) is 4. The van der Waals surface area contributed by atoms with E-state index in [1.54, 1.807) is 0 Å². The Balaban J connectivity index is -0.00000000121. The summed E-state index contributed by atoms with van der Waals surface area (Å²) in [6.45, 7) is -4.56. The number of hydrogen-bond donors (Lipinski definition) is 0. The molecule has 0 saturated heterocycles. The van der Waals surface area contributed by atoms with Crippen molar-refractivity contribution in [3.8, 4) is 0 Å². The van der Waals surface area contributed by atoms with Gasteiger partial charge in [0, 0.05) is 0 Å². The Morgan fingerprint density at radius 3 is 0.471 bits per heavy atom. The fourth-order valence-corrected chi connectivity index (χ4v) is 0. The van der Waals surface area contributed by atoms with E-state index in [9.17, 15) is 0 Å². The fraction of sp³-hybridized carbons (Fsp3) is 0. The number of rotatable bonds is 0. The molecule has 0 aromatic rings. The molecule has 0 aromatic heterocycles. The van der Waals surface area contributed by atoms with Gasteiger partial charge in [-0.05, 0) is 0 Å². The first-order chi connectivity index (χ1) is 2.00. The quantitative estimate of drug-likeness (QED) is 0.305. The Morgan fingerprint density at radius 1 is 0.471 bits per heavy atom. The Hall–Kier alpha value is 3.17. The Morgan fingerprint density at radius 2 is 0.471 bits per heavy atom. The van der Waals surface area contributed by atoms with Crippen molar-refractivity contribution in [2.24, 2.45) is 0 Å². The van der Waals surface area contributed by atoms with E-state index in [1.165, 1.54) is 0 Å². The predicted octanol–water partition coefficient (Wildman–Crippen LogP) is -19.1. The Kier molecular flexibility index (Phi) is 638. The first-order valence-electron chi connectivity index (χ1n) is 0.730. The van der Waals surface area contributed by atoms with Gasteiger partial charge >= 0.3 is 88.7 Å². The molecule has 18 N–H and O–H groups in total. The molecular formula is H18Na3O12PS. The van der Waals surface area contributed by atoms with E-state index < -0.39 is 6.72 Å². The maximum Gasteiger partial charge on any atom is 1.00 e. The van der Waals surface area contributed by atoms with Crippen LogP contribution in [-0.4, -0.2) is 49.3 Å². The summed E-state index contributed by atoms with van der Waals surface area (Å²) in [6, 6.07) is 0. The zero-order valence-electron chi connectivity index (χ0n) is 9.58. The van der Waals surface area contributed by atoms with Gasteiger partial charge in [0.25, 0.3) is 0 Å². The van der Waals surface area contributed by atoms with Gasteiger partial charge in [0.15, 0.2) is 0 Å². The summed E-state index contributed by atoms with van der Waals surface area (Å²) in [7, 11) is 0. The van der Waals surface area contributed by atoms with Crippen LogP contribution in [0.1, 0.15) is 0 Å². The van der Waals surface area contributed by atoms with Crippen molar-refractivity contribution in [3.63, 3.8) is 0 Å². The second kappa shape index (κ2) is 75.3. The first kappa shape index (κ1) is 144. The summed E-state index contributed by atoms with van der Waals surface area (Å²) < 4.78 is 0. The van der Waals surface area contributed by atoms with E-state index in [0.717, 1.165) is 0 Å². The van der Waals surface area contributed by atoms with E-state index in [0.29, 0.717) is 0 Å². The molecule has 0 aliphatic heterocycles. The summed E-state index contributed by atoms with van der Waals surface area (Å²) in [5.74, 6) is 0. The van der Waals surface area contributed by atoms with Crippen LogP contribution in [0.3, 0.4) is 0 Å². The monoisotopic (exact) mass is 342 g/mol. The molecule has 17 heavy (non-hydrogen) atoms. The first-order valence-corrected chi connectivity index (χ1v) is 3.29. The smallest absolute Gasteiger partial charge is 0.844 e. The van der Waals surface area contributed by atoms with Crippen LogP contribution >= 0.6 is 6.72 Å². The Labute approximate surface area is 169 Å². The van der Waals surface area contributed by atoms with Crippen molar-refractivity contribution in [1.82, 2.24) is 0 Å². The van der Waals surface area contributed by atoms with E-state index >= 15 is 0 Å². The summed E-state index contributed by atoms with van der Waals surface area (Å²) in [6.07, 6.45) is 0. The van der Waals surface area contributed by atoms with Crippen LogP contribution in [0.4, 0.5) is 0 Å². The van der Waals surface area contributed by atoms with Crippen molar-refractivity contribution >= 4 is 18.5 Å². The van der Waals surface area contributed by atoms with Gasteiger partial charge in [-0.2, -0.15) is 11.8 Å². The molecule has 0 bridgehead atoms. The fourth-order valence-electron chi connectivity index (χ4n) is 0. The molecule has 0 spiro atoms. The summed E-state index contributed by atoms with van der Waals surface area (Å²) in [4.78, 5) is 26.8. The van der Waals surface area contributed by atoms with Gasteiger partial charge in [0.2, 0.25) is 0 Å². The van der Waals surface area contributed by atoms with E-state index in [2.05, 4.69) is 11.8 Å². The van der Waals surface area contributed by atoms with Gasteiger partial charge in [-0.25, -0.2) is 0 Å². The zero-order chi connectivity index (χ0) is 4.50. The molecule has 0 radical (unpaired) electrons. The second-order valence-corrected chi connectivity index (χ2v) is 2.68. The van der Waals surface area contributed by atoms with Crippen LogP contribution in [0, 0.1) is 0 Å². The Bertz CT molecular complexity index is 67.9. The SMILES string of the molecule is O.O.O.O.O.O.O.O.O.[Na+].[Na+].[Na+].[O-]P([O-])([O-])=S. The van der Waals surface area contributed by atoms with Crippen molar-refractivity contribution in [2.45, 2.75) is 0 Å². The minimum Gasteiger partial charge on any atom is -0.844 e. The average molecular weight is 342 g/mol. The normalized spacial score (nSPS) is 3.47. The van der Waals surface area contributed by atoms with Crippen LogP contribution in [0.5, 0.6) is 0 Å². The molecule has 0 fully saturated rings. The molecule has 0 amide bonds. The molecule has 17 heteroatoms. The summed E-state index contributed by atoms with van der Waals surface area (Å²) >= 11 is 3.27. The molecule has 0 rings (SSSR count). The van der Waals surface area contributed by atoms with Gasteiger partial charge in [0.1, 0.15) is 0 Å². The van der Waals surface area contributed by atoms with Gasteiger partial charge < -0.3 is 70.7 Å². The molecule has 0 aliphatic rings. The van der Waals surface area contributed by atoms with Crippen molar-refractivity contribution in [1.29, 1.82) is 0 Å². The van der Waals surface area contributed by atoms with Gasteiger partial charge in [0.05, 0.1) is 0 Å². The van der Waals surface area contributed by atoms with Crippen molar-refractivity contribution < 1.29 is 153 Å². The topological polar surface area (TPSA) is 353 Å². The molecule has 12 nitrogen and oxygen atoms in total. The van der Waals surface area contributed by atoms with Crippen LogP contribution in [0.2, 0.25) is 0 Å². The summed E-state index contributed by atoms with van der Waals surface area (Å²) in [5, 5.41) is 0. The molecular weight excluding hydrogens is 324 g/mol. The second-order valence-electron chi connectivity index (χ2n) is 0.447. The van der Waals surface area contributed by atoms with E-state index in [-0.39, 0.29) is 138 Å². The molecule has 104 valence electrons. The van der Waals surface area contributed by atoms with E-state index in [4.69, 9.17) is 14.7 Å². The molecule has 0 aromatic carbocycles. The standard InChI is InChI=1S/3Na.H3O3PS.9H2O/c;;;1-4(2,3)5;;;;;;;;;/h;;;(H3,1,2,3,5);9*1H2/q3*+1;;;;;;;;;;/p-3. The molecule has 0 unspecified atom stereocenters. The third-order valence-electron chi connectivity index (χ3n) is 0. The molecule has 0 aliphatic carbocycles. The minimum atomic E-state index is -4.56. The van der Waals surface area contributed by atoms with Crippen LogP contribution in [-0.2, 0) is 11.8 Å². The molecule has 0 heterocycles.